The second kappa shape index (κ2) is 11.0. The Bertz CT molecular complexity index is 1120. The summed E-state index contributed by atoms with van der Waals surface area (Å²) in [5, 5.41) is 12.8. The summed E-state index contributed by atoms with van der Waals surface area (Å²) in [6.07, 6.45) is 4.03. The van der Waals surface area contributed by atoms with E-state index in [-0.39, 0.29) is 27.8 Å². The third-order valence-corrected chi connectivity index (χ3v) is 8.31. The smallest absolute Gasteiger partial charge is 0.320 e. The van der Waals surface area contributed by atoms with Crippen molar-refractivity contribution >= 4 is 34.9 Å². The maximum Gasteiger partial charge on any atom is 0.322 e. The lowest BCUT2D eigenvalue weighted by Crippen LogP contribution is -2.50. The first kappa shape index (κ1) is 26.7. The van der Waals surface area contributed by atoms with Crippen LogP contribution in [-0.4, -0.2) is 52.0 Å². The van der Waals surface area contributed by atoms with Gasteiger partial charge in [0, 0.05) is 36.9 Å². The number of nitrogens with zero attached hydrogens (tertiary/aromatic N) is 4. The molecule has 1 heterocycles. The Kier molecular flexibility index (Phi) is 8.14. The summed E-state index contributed by atoms with van der Waals surface area (Å²) in [6, 6.07) is 14.4. The third kappa shape index (κ3) is 5.80. The molecule has 8 heteroatoms. The first-order chi connectivity index (χ1) is 17.1. The monoisotopic (exact) mass is 527 g/mol. The van der Waals surface area contributed by atoms with Crippen LogP contribution in [0.1, 0.15) is 64.5 Å². The van der Waals surface area contributed by atoms with Gasteiger partial charge in [-0.25, -0.2) is 9.78 Å². The molecule has 3 atom stereocenters. The molecule has 0 bridgehead atoms. The molecule has 1 aromatic carbocycles. The zero-order valence-electron chi connectivity index (χ0n) is 21.5. The van der Waals surface area contributed by atoms with Crippen molar-refractivity contribution in [1.82, 2.24) is 14.8 Å². The van der Waals surface area contributed by atoms with E-state index in [1.807, 2.05) is 23.1 Å². The summed E-state index contributed by atoms with van der Waals surface area (Å²) >= 11 is 12.1. The predicted octanol–water partition coefficient (Wildman–Crippen LogP) is 6.72. The third-order valence-electron chi connectivity index (χ3n) is 7.92. The van der Waals surface area contributed by atoms with Gasteiger partial charge >= 0.3 is 6.03 Å². The predicted molar refractivity (Wildman–Crippen MR) is 146 cm³/mol. The van der Waals surface area contributed by atoms with E-state index in [9.17, 15) is 10.1 Å². The number of anilines is 1. The van der Waals surface area contributed by atoms with Crippen molar-refractivity contribution in [1.29, 1.82) is 5.26 Å². The molecule has 2 aromatic rings. The number of nitriles is 1. The van der Waals surface area contributed by atoms with Gasteiger partial charge in [-0.2, -0.15) is 5.26 Å². The van der Waals surface area contributed by atoms with Gasteiger partial charge in [-0.15, -0.1) is 0 Å². The van der Waals surface area contributed by atoms with Crippen LogP contribution < -0.4 is 5.32 Å². The van der Waals surface area contributed by atoms with Gasteiger partial charge in [-0.3, -0.25) is 4.90 Å². The number of amides is 2. The van der Waals surface area contributed by atoms with Crippen LogP contribution in [0.3, 0.4) is 0 Å². The van der Waals surface area contributed by atoms with E-state index in [0.29, 0.717) is 35.8 Å². The standard InChI is InChI=1S/C28H35Cl2N5O/c1-18(2)34(19(3)4)10-11-35(27(36)32-23-14-25(29)33-26(30)15-23)24-8-9-28(16-22(28)13-24)21-7-5-6-20(12-21)17-31/h5-7,12,14-15,18-19,22,24H,8-11,13,16H2,1-4H3,(H,32,33,36)/t22?,24-,28-/m1/s1. The highest BCUT2D eigenvalue weighted by atomic mass is 35.5. The number of carbonyl (C=O) groups is 1. The molecule has 0 aliphatic heterocycles. The molecule has 2 saturated carbocycles. The molecule has 4 rings (SSSR count). The lowest BCUT2D eigenvalue weighted by Gasteiger charge is -2.39. The Morgan fingerprint density at radius 2 is 1.86 bits per heavy atom. The van der Waals surface area contributed by atoms with Gasteiger partial charge in [0.05, 0.1) is 11.6 Å². The molecule has 0 spiro atoms. The Balaban J connectivity index is 1.51. The molecular formula is C28H35Cl2N5O. The van der Waals surface area contributed by atoms with Crippen molar-refractivity contribution in [3.05, 3.63) is 57.8 Å². The molecule has 6 nitrogen and oxygen atoms in total. The van der Waals surface area contributed by atoms with Crippen molar-refractivity contribution in [3.8, 4) is 6.07 Å². The lowest BCUT2D eigenvalue weighted by molar-refractivity contribution is 0.120. The van der Waals surface area contributed by atoms with Crippen molar-refractivity contribution < 1.29 is 4.79 Å². The second-order valence-electron chi connectivity index (χ2n) is 10.7. The summed E-state index contributed by atoms with van der Waals surface area (Å²) < 4.78 is 0. The number of pyridine rings is 1. The molecule has 2 aliphatic rings. The highest BCUT2D eigenvalue weighted by molar-refractivity contribution is 6.32. The number of rotatable bonds is 8. The fourth-order valence-electron chi connectivity index (χ4n) is 6.06. The van der Waals surface area contributed by atoms with Gasteiger partial charge in [-0.05, 0) is 94.5 Å². The fraction of sp³-hybridized carbons (Fsp3) is 0.536. The number of hydrogen-bond donors (Lipinski definition) is 1. The zero-order chi connectivity index (χ0) is 26.0. The van der Waals surface area contributed by atoms with Crippen LogP contribution in [0.2, 0.25) is 10.3 Å². The van der Waals surface area contributed by atoms with Crippen LogP contribution >= 0.6 is 23.2 Å². The number of halogens is 2. The van der Waals surface area contributed by atoms with Crippen LogP contribution in [0, 0.1) is 17.2 Å². The van der Waals surface area contributed by atoms with E-state index >= 15 is 0 Å². The Morgan fingerprint density at radius 1 is 1.17 bits per heavy atom. The Morgan fingerprint density at radius 3 is 2.47 bits per heavy atom. The van der Waals surface area contributed by atoms with E-state index in [4.69, 9.17) is 23.2 Å². The molecule has 1 aromatic heterocycles. The summed E-state index contributed by atoms with van der Waals surface area (Å²) in [5.74, 6) is 0.525. The highest BCUT2D eigenvalue weighted by Crippen LogP contribution is 2.62. The first-order valence-electron chi connectivity index (χ1n) is 12.8. The molecule has 2 aliphatic carbocycles. The number of hydrogen-bond acceptors (Lipinski definition) is 4. The molecule has 1 N–H and O–H groups in total. The van der Waals surface area contributed by atoms with Crippen LogP contribution in [0.5, 0.6) is 0 Å². The topological polar surface area (TPSA) is 72.3 Å². The number of nitrogens with one attached hydrogen (secondary N) is 1. The SMILES string of the molecule is CC(C)N(CCN(C(=O)Nc1cc(Cl)nc(Cl)c1)[C@@H]1CC[C@]2(c3cccc(C#N)c3)CC2C1)C(C)C. The minimum atomic E-state index is -0.134. The normalized spacial score (nSPS) is 22.9. The molecule has 2 amide bonds. The van der Waals surface area contributed by atoms with Crippen molar-refractivity contribution in [2.45, 2.75) is 76.9 Å². The molecular weight excluding hydrogens is 493 g/mol. The number of urea groups is 1. The number of carbonyl (C=O) groups excluding carboxylic acids is 1. The largest absolute Gasteiger partial charge is 0.322 e. The molecule has 0 saturated heterocycles. The van der Waals surface area contributed by atoms with Gasteiger partial charge in [0.15, 0.2) is 0 Å². The molecule has 36 heavy (non-hydrogen) atoms. The van der Waals surface area contributed by atoms with Gasteiger partial charge in [0.1, 0.15) is 10.3 Å². The zero-order valence-corrected chi connectivity index (χ0v) is 23.0. The average molecular weight is 529 g/mol. The van der Waals surface area contributed by atoms with Crippen LogP contribution in [0.4, 0.5) is 10.5 Å². The first-order valence-corrected chi connectivity index (χ1v) is 13.6. The van der Waals surface area contributed by atoms with E-state index < -0.39 is 0 Å². The van der Waals surface area contributed by atoms with Crippen LogP contribution in [0.25, 0.3) is 0 Å². The minimum absolute atomic E-state index is 0.134. The number of aromatic nitrogens is 1. The van der Waals surface area contributed by atoms with Gasteiger partial charge in [0.25, 0.3) is 0 Å². The lowest BCUT2D eigenvalue weighted by atomic mass is 9.80. The molecule has 0 radical (unpaired) electrons. The van der Waals surface area contributed by atoms with Crippen LogP contribution in [0.15, 0.2) is 36.4 Å². The van der Waals surface area contributed by atoms with Gasteiger partial charge < -0.3 is 10.2 Å². The van der Waals surface area contributed by atoms with Crippen LogP contribution in [-0.2, 0) is 5.41 Å². The number of fused-ring (bicyclic) bond motifs is 1. The minimum Gasteiger partial charge on any atom is -0.320 e. The quantitative estimate of drug-likeness (QED) is 0.386. The molecule has 1 unspecified atom stereocenters. The Labute approximate surface area is 224 Å². The molecule has 192 valence electrons. The second-order valence-corrected chi connectivity index (χ2v) is 11.5. The summed E-state index contributed by atoms with van der Waals surface area (Å²) in [5.41, 5.74) is 2.68. The van der Waals surface area contributed by atoms with E-state index in [1.54, 1.807) is 12.1 Å². The van der Waals surface area contributed by atoms with E-state index in [0.717, 1.165) is 32.2 Å². The maximum absolute atomic E-state index is 13.6. The fourth-order valence-corrected chi connectivity index (χ4v) is 6.52. The highest BCUT2D eigenvalue weighted by Gasteiger charge is 2.58. The summed E-state index contributed by atoms with van der Waals surface area (Å²) in [6.45, 7) is 10.2. The van der Waals surface area contributed by atoms with Gasteiger partial charge in [-0.1, -0.05) is 35.3 Å². The number of benzene rings is 1. The average Bonchev–Trinajstić information content (AvgIpc) is 3.55. The van der Waals surface area contributed by atoms with Crippen molar-refractivity contribution in [3.63, 3.8) is 0 Å². The van der Waals surface area contributed by atoms with Gasteiger partial charge in [0.2, 0.25) is 0 Å². The molecule has 2 fully saturated rings. The van der Waals surface area contributed by atoms with Crippen molar-refractivity contribution in [2.24, 2.45) is 5.92 Å². The van der Waals surface area contributed by atoms with E-state index in [1.165, 1.54) is 5.56 Å². The van der Waals surface area contributed by atoms with Crippen molar-refractivity contribution in [2.75, 3.05) is 18.4 Å². The summed E-state index contributed by atoms with van der Waals surface area (Å²) in [7, 11) is 0. The Hall–Kier alpha value is -2.33. The van der Waals surface area contributed by atoms with E-state index in [2.05, 4.69) is 55.0 Å². The maximum atomic E-state index is 13.6. The summed E-state index contributed by atoms with van der Waals surface area (Å²) in [4.78, 5) is 22.0.